The lowest BCUT2D eigenvalue weighted by atomic mass is 10.1. The summed E-state index contributed by atoms with van der Waals surface area (Å²) in [5.74, 6) is -0.438. The summed E-state index contributed by atoms with van der Waals surface area (Å²) in [6, 6.07) is 4.06. The summed E-state index contributed by atoms with van der Waals surface area (Å²) in [7, 11) is 0. The Morgan fingerprint density at radius 2 is 2.05 bits per heavy atom. The zero-order valence-corrected chi connectivity index (χ0v) is 13.4. The number of nitrogens with zero attached hydrogens (tertiary/aromatic N) is 2. The van der Waals surface area contributed by atoms with Gasteiger partial charge < -0.3 is 5.11 Å². The van der Waals surface area contributed by atoms with Gasteiger partial charge >= 0.3 is 0 Å². The maximum absolute atomic E-state index is 13.8. The van der Waals surface area contributed by atoms with E-state index in [1.54, 1.807) is 0 Å². The second-order valence-electron chi connectivity index (χ2n) is 6.53. The largest absolute Gasteiger partial charge is 0.396 e. The van der Waals surface area contributed by atoms with Gasteiger partial charge in [-0.05, 0) is 18.4 Å². The summed E-state index contributed by atoms with van der Waals surface area (Å²) in [5, 5.41) is 9.27. The quantitative estimate of drug-likeness (QED) is 0.874. The third kappa shape index (κ3) is 4.73. The molecule has 5 heteroatoms. The molecule has 1 fully saturated rings. The zero-order chi connectivity index (χ0) is 16.1. The molecule has 0 saturated carbocycles. The standard InChI is InChI=1S/C17H26F2N2O/c1-13(2)10-21-7-6-20(12-16(21)5-8-22)11-14-3-4-15(18)9-17(14)19/h3-4,9,13,16,22H,5-8,10-12H2,1-2H3/t16-/m0/s1. The van der Waals surface area contributed by atoms with Crippen LogP contribution >= 0.6 is 0 Å². The molecule has 1 aromatic carbocycles. The SMILES string of the molecule is CC(C)CN1CCN(Cc2ccc(F)cc2F)C[C@@H]1CCO. The number of rotatable bonds is 6. The smallest absolute Gasteiger partial charge is 0.130 e. The van der Waals surface area contributed by atoms with Crippen LogP contribution in [-0.4, -0.2) is 53.7 Å². The van der Waals surface area contributed by atoms with Gasteiger partial charge in [0, 0.05) is 57.0 Å². The fraction of sp³-hybridized carbons (Fsp3) is 0.647. The van der Waals surface area contributed by atoms with Crippen LogP contribution in [0, 0.1) is 17.6 Å². The van der Waals surface area contributed by atoms with E-state index in [1.807, 2.05) is 0 Å². The van der Waals surface area contributed by atoms with Crippen LogP contribution in [0.2, 0.25) is 0 Å². The second-order valence-corrected chi connectivity index (χ2v) is 6.53. The van der Waals surface area contributed by atoms with Gasteiger partial charge in [0.2, 0.25) is 0 Å². The van der Waals surface area contributed by atoms with Crippen LogP contribution in [0.4, 0.5) is 8.78 Å². The molecule has 2 rings (SSSR count). The highest BCUT2D eigenvalue weighted by molar-refractivity contribution is 5.18. The van der Waals surface area contributed by atoms with Crippen molar-refractivity contribution in [3.05, 3.63) is 35.4 Å². The summed E-state index contributed by atoms with van der Waals surface area (Å²) in [4.78, 5) is 4.60. The molecule has 1 aromatic rings. The van der Waals surface area contributed by atoms with E-state index in [4.69, 9.17) is 0 Å². The molecule has 0 unspecified atom stereocenters. The molecule has 0 aliphatic carbocycles. The topological polar surface area (TPSA) is 26.7 Å². The number of piperazine rings is 1. The number of aliphatic hydroxyl groups is 1. The van der Waals surface area contributed by atoms with Crippen molar-refractivity contribution in [2.24, 2.45) is 5.92 Å². The molecule has 22 heavy (non-hydrogen) atoms. The van der Waals surface area contributed by atoms with Gasteiger partial charge in [-0.15, -0.1) is 0 Å². The zero-order valence-electron chi connectivity index (χ0n) is 13.4. The number of halogens is 2. The second kappa shape index (κ2) is 7.99. The van der Waals surface area contributed by atoms with Crippen LogP contribution in [0.5, 0.6) is 0 Å². The number of benzene rings is 1. The molecule has 0 radical (unpaired) electrons. The molecule has 1 atom stereocenters. The van der Waals surface area contributed by atoms with Crippen molar-refractivity contribution >= 4 is 0 Å². The van der Waals surface area contributed by atoms with Crippen LogP contribution in [0.25, 0.3) is 0 Å². The van der Waals surface area contributed by atoms with Crippen LogP contribution in [0.1, 0.15) is 25.8 Å². The van der Waals surface area contributed by atoms with Crippen LogP contribution in [-0.2, 0) is 6.54 Å². The van der Waals surface area contributed by atoms with E-state index in [-0.39, 0.29) is 6.61 Å². The van der Waals surface area contributed by atoms with E-state index >= 15 is 0 Å². The molecule has 0 spiro atoms. The fourth-order valence-electron chi connectivity index (χ4n) is 3.12. The Kier molecular flexibility index (Phi) is 6.29. The lowest BCUT2D eigenvalue weighted by Gasteiger charge is -2.42. The minimum atomic E-state index is -0.541. The van der Waals surface area contributed by atoms with Crippen molar-refractivity contribution in [1.82, 2.24) is 9.80 Å². The Hall–Kier alpha value is -1.04. The summed E-state index contributed by atoms with van der Waals surface area (Å²) in [5.41, 5.74) is 0.529. The molecule has 3 nitrogen and oxygen atoms in total. The molecule has 1 saturated heterocycles. The third-order valence-electron chi connectivity index (χ3n) is 4.16. The molecule has 1 aliphatic rings. The lowest BCUT2D eigenvalue weighted by Crippen LogP contribution is -2.53. The molecular formula is C17H26F2N2O. The molecule has 0 amide bonds. The Bertz CT molecular complexity index is 482. The minimum absolute atomic E-state index is 0.165. The van der Waals surface area contributed by atoms with Gasteiger partial charge in [0.1, 0.15) is 11.6 Å². The summed E-state index contributed by atoms with van der Waals surface area (Å²) in [6.45, 7) is 8.65. The molecular weight excluding hydrogens is 286 g/mol. The molecule has 1 heterocycles. The van der Waals surface area contributed by atoms with Crippen molar-refractivity contribution in [2.45, 2.75) is 32.9 Å². The average Bonchev–Trinajstić information content (AvgIpc) is 2.44. The van der Waals surface area contributed by atoms with Crippen molar-refractivity contribution in [1.29, 1.82) is 0 Å². The highest BCUT2D eigenvalue weighted by Crippen LogP contribution is 2.18. The number of hydrogen-bond donors (Lipinski definition) is 1. The monoisotopic (exact) mass is 312 g/mol. The predicted molar refractivity (Wildman–Crippen MR) is 83.5 cm³/mol. The maximum atomic E-state index is 13.8. The van der Waals surface area contributed by atoms with Crippen LogP contribution < -0.4 is 0 Å². The van der Waals surface area contributed by atoms with Gasteiger partial charge in [-0.2, -0.15) is 0 Å². The van der Waals surface area contributed by atoms with Crippen molar-refractivity contribution in [2.75, 3.05) is 32.8 Å². The van der Waals surface area contributed by atoms with Gasteiger partial charge in [0.15, 0.2) is 0 Å². The van der Waals surface area contributed by atoms with Crippen molar-refractivity contribution in [3.63, 3.8) is 0 Å². The Morgan fingerprint density at radius 1 is 1.27 bits per heavy atom. The third-order valence-corrected chi connectivity index (χ3v) is 4.16. The Labute approximate surface area is 131 Å². The summed E-state index contributed by atoms with van der Waals surface area (Å²) in [6.07, 6.45) is 0.731. The van der Waals surface area contributed by atoms with Gasteiger partial charge in [0.25, 0.3) is 0 Å². The first-order valence-corrected chi connectivity index (χ1v) is 8.00. The van der Waals surface area contributed by atoms with E-state index < -0.39 is 11.6 Å². The summed E-state index contributed by atoms with van der Waals surface area (Å²) < 4.78 is 26.8. The highest BCUT2D eigenvalue weighted by Gasteiger charge is 2.27. The minimum Gasteiger partial charge on any atom is -0.396 e. The Morgan fingerprint density at radius 3 is 2.68 bits per heavy atom. The van der Waals surface area contributed by atoms with E-state index in [9.17, 15) is 13.9 Å². The lowest BCUT2D eigenvalue weighted by molar-refractivity contribution is 0.0472. The number of aliphatic hydroxyl groups excluding tert-OH is 1. The normalized spacial score (nSPS) is 20.7. The molecule has 1 aliphatic heterocycles. The summed E-state index contributed by atoms with van der Waals surface area (Å²) >= 11 is 0. The van der Waals surface area contributed by atoms with Gasteiger partial charge in [0.05, 0.1) is 0 Å². The van der Waals surface area contributed by atoms with Crippen molar-refractivity contribution < 1.29 is 13.9 Å². The van der Waals surface area contributed by atoms with Gasteiger partial charge in [-0.25, -0.2) is 8.78 Å². The molecule has 1 N–H and O–H groups in total. The highest BCUT2D eigenvalue weighted by atomic mass is 19.1. The first kappa shape index (κ1) is 17.3. The van der Waals surface area contributed by atoms with Crippen LogP contribution in [0.3, 0.4) is 0 Å². The van der Waals surface area contributed by atoms with Gasteiger partial charge in [-0.1, -0.05) is 19.9 Å². The van der Waals surface area contributed by atoms with E-state index in [0.29, 0.717) is 24.1 Å². The van der Waals surface area contributed by atoms with E-state index in [2.05, 4.69) is 23.6 Å². The first-order chi connectivity index (χ1) is 10.5. The van der Waals surface area contributed by atoms with E-state index in [0.717, 1.165) is 38.7 Å². The van der Waals surface area contributed by atoms with Crippen LogP contribution in [0.15, 0.2) is 18.2 Å². The molecule has 0 bridgehead atoms. The van der Waals surface area contributed by atoms with Crippen molar-refractivity contribution in [3.8, 4) is 0 Å². The van der Waals surface area contributed by atoms with E-state index in [1.165, 1.54) is 12.1 Å². The maximum Gasteiger partial charge on any atom is 0.130 e. The fourth-order valence-corrected chi connectivity index (χ4v) is 3.12. The predicted octanol–water partition coefficient (Wildman–Crippen LogP) is 2.49. The van der Waals surface area contributed by atoms with Gasteiger partial charge in [-0.3, -0.25) is 9.80 Å². The average molecular weight is 312 g/mol. The molecule has 0 aromatic heterocycles. The Balaban J connectivity index is 1.99. The molecule has 124 valence electrons. The first-order valence-electron chi connectivity index (χ1n) is 8.00. The number of hydrogen-bond acceptors (Lipinski definition) is 3.